The molecule has 2 aliphatic carbocycles. The molecule has 4 nitrogen and oxygen atoms in total. The van der Waals surface area contributed by atoms with Crippen molar-refractivity contribution in [3.63, 3.8) is 0 Å². The molecule has 216 valence electrons. The molecule has 0 aliphatic heterocycles. The van der Waals surface area contributed by atoms with Crippen molar-refractivity contribution in [3.8, 4) is 0 Å². The fourth-order valence-electron chi connectivity index (χ4n) is 6.80. The molecule has 2 aromatic carbocycles. The van der Waals surface area contributed by atoms with E-state index in [0.29, 0.717) is 35.1 Å². The number of hydrogen-bond donors (Lipinski definition) is 2. The molecule has 0 amide bonds. The van der Waals surface area contributed by atoms with Crippen molar-refractivity contribution in [2.45, 2.75) is 89.9 Å². The largest absolute Gasteiger partial charge is 0.305 e. The molecule has 1 fully saturated rings. The zero-order chi connectivity index (χ0) is 30.0. The molecule has 0 bridgehead atoms. The van der Waals surface area contributed by atoms with E-state index in [2.05, 4.69) is 76.7 Å². The normalized spacial score (nSPS) is 18.6. The van der Waals surface area contributed by atoms with Gasteiger partial charge in [-0.15, -0.1) is 0 Å². The summed E-state index contributed by atoms with van der Waals surface area (Å²) in [6.07, 6.45) is 12.0. The summed E-state index contributed by atoms with van der Waals surface area (Å²) >= 11 is 0. The number of rotatable bonds is 8. The Kier molecular flexibility index (Phi) is 8.82. The fourth-order valence-corrected chi connectivity index (χ4v) is 6.80. The first kappa shape index (κ1) is 29.6. The second-order valence-corrected chi connectivity index (χ2v) is 12.6. The van der Waals surface area contributed by atoms with Crippen LogP contribution < -0.4 is 0 Å². The number of carbonyl (C=O) groups is 1. The fraction of sp³-hybridized carbons (Fsp3) is 0.368. The molecule has 2 unspecified atom stereocenters. The van der Waals surface area contributed by atoms with Crippen LogP contribution in [0.3, 0.4) is 0 Å². The van der Waals surface area contributed by atoms with Crippen molar-refractivity contribution in [3.05, 3.63) is 112 Å². The summed E-state index contributed by atoms with van der Waals surface area (Å²) in [5.41, 5.74) is 9.68. The van der Waals surface area contributed by atoms with Gasteiger partial charge in [-0.3, -0.25) is 15.2 Å². The number of aromatic nitrogens is 1. The van der Waals surface area contributed by atoms with Gasteiger partial charge in [0.05, 0.1) is 5.69 Å². The van der Waals surface area contributed by atoms with Crippen LogP contribution in [0.25, 0.3) is 11.6 Å². The molecule has 0 spiro atoms. The first-order chi connectivity index (χ1) is 20.2. The Morgan fingerprint density at radius 2 is 1.57 bits per heavy atom. The van der Waals surface area contributed by atoms with Gasteiger partial charge < -0.3 is 5.41 Å². The van der Waals surface area contributed by atoms with Crippen molar-refractivity contribution in [1.82, 2.24) is 4.98 Å². The molecule has 42 heavy (non-hydrogen) atoms. The first-order valence-corrected chi connectivity index (χ1v) is 15.4. The smallest absolute Gasteiger partial charge is 0.211 e. The molecule has 1 saturated carbocycles. The Bertz CT molecular complexity index is 1550. The number of benzene rings is 2. The van der Waals surface area contributed by atoms with Gasteiger partial charge in [-0.1, -0.05) is 83.2 Å². The summed E-state index contributed by atoms with van der Waals surface area (Å²) in [5, 5.41) is 17.0. The molecule has 2 aliphatic rings. The molecule has 2 atom stereocenters. The van der Waals surface area contributed by atoms with Gasteiger partial charge in [0, 0.05) is 35.4 Å². The second kappa shape index (κ2) is 12.5. The van der Waals surface area contributed by atoms with Crippen LogP contribution in [-0.4, -0.2) is 22.2 Å². The van der Waals surface area contributed by atoms with E-state index < -0.39 is 0 Å². The van der Waals surface area contributed by atoms with Crippen LogP contribution in [0.5, 0.6) is 0 Å². The van der Waals surface area contributed by atoms with Crippen LogP contribution in [0.15, 0.2) is 67.4 Å². The van der Waals surface area contributed by atoms with E-state index in [1.807, 2.05) is 24.4 Å². The summed E-state index contributed by atoms with van der Waals surface area (Å²) in [6.45, 7) is 12.8. The molecule has 3 aromatic rings. The summed E-state index contributed by atoms with van der Waals surface area (Å²) in [6, 6.07) is 16.4. The molecule has 0 saturated heterocycles. The van der Waals surface area contributed by atoms with Crippen LogP contribution in [0.1, 0.15) is 128 Å². The Morgan fingerprint density at radius 3 is 2.29 bits per heavy atom. The number of ketones is 1. The van der Waals surface area contributed by atoms with Crippen molar-refractivity contribution in [1.29, 1.82) is 10.8 Å². The standard InChI is InChI=1S/C38H43N3O/c1-23(2)32-13-8-14-33(24(3)4)35(32)25(5)38(42)36(40)30-12-7-11-28(21-30)26-9-6-10-27(16-15-26)37-34-18-17-31(39)22-29(34)19-20-41-37/h7-8,11-14,17-21,23-24,26-27,39-40H,5-6,9-10,15-16,22H2,1-4H3. The number of carbonyl (C=O) groups excluding carboxylic acids is 1. The van der Waals surface area contributed by atoms with Crippen LogP contribution in [0.2, 0.25) is 0 Å². The molecule has 2 N–H and O–H groups in total. The van der Waals surface area contributed by atoms with Gasteiger partial charge in [0.15, 0.2) is 0 Å². The predicted molar refractivity (Wildman–Crippen MR) is 175 cm³/mol. The zero-order valence-electron chi connectivity index (χ0n) is 25.5. The number of nitrogens with zero attached hydrogens (tertiary/aromatic N) is 1. The Balaban J connectivity index is 1.34. The van der Waals surface area contributed by atoms with E-state index in [-0.39, 0.29) is 23.3 Å². The number of pyridine rings is 1. The minimum Gasteiger partial charge on any atom is -0.305 e. The highest BCUT2D eigenvalue weighted by atomic mass is 16.1. The van der Waals surface area contributed by atoms with Crippen LogP contribution in [0.4, 0.5) is 0 Å². The topological polar surface area (TPSA) is 77.7 Å². The lowest BCUT2D eigenvalue weighted by molar-refractivity contribution is -0.108. The van der Waals surface area contributed by atoms with E-state index in [9.17, 15) is 4.79 Å². The van der Waals surface area contributed by atoms with Gasteiger partial charge in [0.25, 0.3) is 0 Å². The number of allylic oxidation sites excluding steroid dienone is 2. The first-order valence-electron chi connectivity index (χ1n) is 15.4. The SMILES string of the molecule is C=C(C(=O)C(=N)c1cccc(C2CCCC(c3nccc4c3C=CC(=N)C4)CC2)c1)c1c(C(C)C)cccc1C(C)C. The van der Waals surface area contributed by atoms with E-state index in [4.69, 9.17) is 15.8 Å². The zero-order valence-corrected chi connectivity index (χ0v) is 25.5. The third-order valence-corrected chi connectivity index (χ3v) is 9.12. The second-order valence-electron chi connectivity index (χ2n) is 12.6. The highest BCUT2D eigenvalue weighted by molar-refractivity contribution is 6.59. The highest BCUT2D eigenvalue weighted by Gasteiger charge is 2.27. The van der Waals surface area contributed by atoms with E-state index >= 15 is 0 Å². The third-order valence-electron chi connectivity index (χ3n) is 9.12. The van der Waals surface area contributed by atoms with E-state index in [0.717, 1.165) is 48.8 Å². The van der Waals surface area contributed by atoms with Crippen LogP contribution >= 0.6 is 0 Å². The van der Waals surface area contributed by atoms with E-state index in [1.165, 1.54) is 22.4 Å². The molecular formula is C38H43N3O. The third kappa shape index (κ3) is 5.99. The van der Waals surface area contributed by atoms with Gasteiger partial charge in [-0.25, -0.2) is 0 Å². The summed E-state index contributed by atoms with van der Waals surface area (Å²) in [7, 11) is 0. The van der Waals surface area contributed by atoms with Crippen molar-refractivity contribution >= 4 is 28.9 Å². The molecule has 4 heteroatoms. The van der Waals surface area contributed by atoms with Gasteiger partial charge in [-0.2, -0.15) is 0 Å². The average Bonchev–Trinajstić information content (AvgIpc) is 3.25. The van der Waals surface area contributed by atoms with Crippen LogP contribution in [-0.2, 0) is 11.2 Å². The van der Waals surface area contributed by atoms with Gasteiger partial charge in [0.1, 0.15) is 5.71 Å². The van der Waals surface area contributed by atoms with Crippen LogP contribution in [0, 0.1) is 10.8 Å². The minimum absolute atomic E-state index is 0.0130. The average molecular weight is 558 g/mol. The minimum atomic E-state index is -0.302. The molecular weight excluding hydrogens is 514 g/mol. The Labute approximate surface area is 251 Å². The maximum Gasteiger partial charge on any atom is 0.211 e. The monoisotopic (exact) mass is 557 g/mol. The number of Topliss-reactive ketones (excluding diaryl/α,β-unsaturated/α-hetero) is 1. The Morgan fingerprint density at radius 1 is 0.905 bits per heavy atom. The van der Waals surface area contributed by atoms with Crippen molar-refractivity contribution in [2.24, 2.45) is 0 Å². The predicted octanol–water partition coefficient (Wildman–Crippen LogP) is 9.40. The van der Waals surface area contributed by atoms with E-state index in [1.54, 1.807) is 0 Å². The Hall–Kier alpha value is -3.92. The molecule has 1 heterocycles. The van der Waals surface area contributed by atoms with Gasteiger partial charge >= 0.3 is 0 Å². The molecule has 1 aromatic heterocycles. The maximum absolute atomic E-state index is 13.7. The number of nitrogens with one attached hydrogen (secondary N) is 2. The lowest BCUT2D eigenvalue weighted by Crippen LogP contribution is -2.18. The lowest BCUT2D eigenvalue weighted by Gasteiger charge is -2.21. The summed E-state index contributed by atoms with van der Waals surface area (Å²) < 4.78 is 0. The lowest BCUT2D eigenvalue weighted by atomic mass is 9.82. The van der Waals surface area contributed by atoms with Crippen molar-refractivity contribution in [2.75, 3.05) is 0 Å². The quantitative estimate of drug-likeness (QED) is 0.164. The molecule has 5 rings (SSSR count). The van der Waals surface area contributed by atoms with Gasteiger partial charge in [-0.05, 0) is 95.0 Å². The number of fused-ring (bicyclic) bond motifs is 1. The summed E-state index contributed by atoms with van der Waals surface area (Å²) in [5.74, 6) is 0.994. The van der Waals surface area contributed by atoms with Gasteiger partial charge in [0.2, 0.25) is 5.78 Å². The highest BCUT2D eigenvalue weighted by Crippen LogP contribution is 2.40. The maximum atomic E-state index is 13.7. The summed E-state index contributed by atoms with van der Waals surface area (Å²) in [4.78, 5) is 18.5. The number of hydrogen-bond acceptors (Lipinski definition) is 4. The van der Waals surface area contributed by atoms with Crippen molar-refractivity contribution < 1.29 is 4.79 Å². The molecule has 0 radical (unpaired) electrons.